The Hall–Kier alpha value is -2.01. The largest absolute Gasteiger partial charge is 0.496 e. The summed E-state index contributed by atoms with van der Waals surface area (Å²) < 4.78 is 5.32. The fourth-order valence-corrected chi connectivity index (χ4v) is 3.04. The molecule has 0 atom stereocenters. The van der Waals surface area contributed by atoms with Crippen molar-refractivity contribution in [3.05, 3.63) is 40.8 Å². The van der Waals surface area contributed by atoms with Crippen molar-refractivity contribution in [2.45, 2.75) is 20.4 Å². The molecular formula is C16H20N2O2S. The second-order valence-corrected chi connectivity index (χ2v) is 6.13. The number of thiophene rings is 1. The first kappa shape index (κ1) is 15.4. The monoisotopic (exact) mass is 304 g/mol. The van der Waals surface area contributed by atoms with E-state index < -0.39 is 0 Å². The molecule has 0 aliphatic rings. The van der Waals surface area contributed by atoms with Crippen LogP contribution >= 0.6 is 11.3 Å². The number of benzene rings is 1. The van der Waals surface area contributed by atoms with Gasteiger partial charge in [-0.2, -0.15) is 0 Å². The summed E-state index contributed by atoms with van der Waals surface area (Å²) >= 11 is 1.40. The van der Waals surface area contributed by atoms with E-state index in [-0.39, 0.29) is 11.7 Å². The molecule has 4 nitrogen and oxygen atoms in total. The Morgan fingerprint density at radius 3 is 2.76 bits per heavy atom. The fourth-order valence-electron chi connectivity index (χ4n) is 1.98. The molecule has 0 aliphatic carbocycles. The first-order valence-electron chi connectivity index (χ1n) is 6.82. The molecule has 0 bridgehead atoms. The van der Waals surface area contributed by atoms with E-state index in [1.54, 1.807) is 7.11 Å². The highest BCUT2D eigenvalue weighted by molar-refractivity contribution is 7.18. The van der Waals surface area contributed by atoms with Gasteiger partial charge in [-0.1, -0.05) is 32.0 Å². The molecule has 112 valence electrons. The zero-order valence-electron chi connectivity index (χ0n) is 12.5. The van der Waals surface area contributed by atoms with Crippen LogP contribution in [0.15, 0.2) is 30.3 Å². The topological polar surface area (TPSA) is 64.3 Å². The van der Waals surface area contributed by atoms with Crippen LogP contribution in [0, 0.1) is 5.92 Å². The SMILES string of the molecule is COc1ccccc1CNc1cc(N)c(C(=O)C(C)C)s1. The molecule has 5 heteroatoms. The average Bonchev–Trinajstić information content (AvgIpc) is 2.85. The predicted molar refractivity (Wildman–Crippen MR) is 88.2 cm³/mol. The Morgan fingerprint density at radius 1 is 1.38 bits per heavy atom. The molecule has 0 spiro atoms. The highest BCUT2D eigenvalue weighted by Gasteiger charge is 2.17. The van der Waals surface area contributed by atoms with Crippen molar-refractivity contribution in [1.29, 1.82) is 0 Å². The standard InChI is InChI=1S/C16H20N2O2S/c1-10(2)15(19)16-12(17)8-14(21-16)18-9-11-6-4-5-7-13(11)20-3/h4-8,10,18H,9,17H2,1-3H3. The molecule has 21 heavy (non-hydrogen) atoms. The third-order valence-corrected chi connectivity index (χ3v) is 4.28. The van der Waals surface area contributed by atoms with Gasteiger partial charge in [-0.15, -0.1) is 11.3 Å². The number of nitrogens with two attached hydrogens (primary N) is 1. The van der Waals surface area contributed by atoms with Crippen LogP contribution in [-0.4, -0.2) is 12.9 Å². The number of rotatable bonds is 6. The van der Waals surface area contributed by atoms with E-state index >= 15 is 0 Å². The minimum absolute atomic E-state index is 0.0481. The summed E-state index contributed by atoms with van der Waals surface area (Å²) in [4.78, 5) is 12.7. The lowest BCUT2D eigenvalue weighted by Crippen LogP contribution is -2.07. The van der Waals surface area contributed by atoms with Crippen molar-refractivity contribution in [1.82, 2.24) is 0 Å². The van der Waals surface area contributed by atoms with Gasteiger partial charge < -0.3 is 15.8 Å². The van der Waals surface area contributed by atoms with Gasteiger partial charge in [0.15, 0.2) is 5.78 Å². The molecule has 1 aromatic heterocycles. The average molecular weight is 304 g/mol. The Balaban J connectivity index is 2.11. The molecular weight excluding hydrogens is 284 g/mol. The summed E-state index contributed by atoms with van der Waals surface area (Å²) in [6, 6.07) is 9.65. The minimum Gasteiger partial charge on any atom is -0.496 e. The van der Waals surface area contributed by atoms with Gasteiger partial charge in [0.25, 0.3) is 0 Å². The van der Waals surface area contributed by atoms with Crippen LogP contribution in [0.25, 0.3) is 0 Å². The van der Waals surface area contributed by atoms with Crippen molar-refractivity contribution in [2.75, 3.05) is 18.2 Å². The molecule has 0 amide bonds. The van der Waals surface area contributed by atoms with Gasteiger partial charge >= 0.3 is 0 Å². The van der Waals surface area contributed by atoms with E-state index in [9.17, 15) is 4.79 Å². The summed E-state index contributed by atoms with van der Waals surface area (Å²) in [6.45, 7) is 4.38. The number of nitrogen functional groups attached to an aromatic ring is 1. The highest BCUT2D eigenvalue weighted by Crippen LogP contribution is 2.32. The molecule has 1 aromatic carbocycles. The van der Waals surface area contributed by atoms with Crippen LogP contribution in [0.3, 0.4) is 0 Å². The lowest BCUT2D eigenvalue weighted by Gasteiger charge is -2.08. The van der Waals surface area contributed by atoms with Crippen molar-refractivity contribution >= 4 is 27.8 Å². The van der Waals surface area contributed by atoms with Crippen molar-refractivity contribution < 1.29 is 9.53 Å². The third kappa shape index (κ3) is 3.55. The molecule has 0 saturated heterocycles. The number of nitrogens with one attached hydrogen (secondary N) is 1. The number of carbonyl (C=O) groups is 1. The van der Waals surface area contributed by atoms with Gasteiger partial charge in [-0.05, 0) is 12.1 Å². The molecule has 1 heterocycles. The second-order valence-electron chi connectivity index (χ2n) is 5.08. The molecule has 2 aromatic rings. The van der Waals surface area contributed by atoms with Crippen LogP contribution in [0.5, 0.6) is 5.75 Å². The summed E-state index contributed by atoms with van der Waals surface area (Å²) in [5.41, 5.74) is 7.53. The number of ether oxygens (including phenoxy) is 1. The van der Waals surface area contributed by atoms with Gasteiger partial charge in [0, 0.05) is 18.0 Å². The Labute approximate surface area is 128 Å². The number of hydrogen-bond acceptors (Lipinski definition) is 5. The molecule has 0 saturated carbocycles. The summed E-state index contributed by atoms with van der Waals surface area (Å²) in [6.07, 6.45) is 0. The van der Waals surface area contributed by atoms with Gasteiger partial charge in [-0.25, -0.2) is 0 Å². The predicted octanol–water partition coefficient (Wildman–Crippen LogP) is 3.79. The van der Waals surface area contributed by atoms with Crippen molar-refractivity contribution in [2.24, 2.45) is 5.92 Å². The first-order chi connectivity index (χ1) is 10.0. The lowest BCUT2D eigenvalue weighted by molar-refractivity contribution is 0.0944. The number of para-hydroxylation sites is 1. The maximum absolute atomic E-state index is 12.0. The second kappa shape index (κ2) is 6.63. The van der Waals surface area contributed by atoms with E-state index in [4.69, 9.17) is 10.5 Å². The maximum atomic E-state index is 12.0. The zero-order chi connectivity index (χ0) is 15.4. The van der Waals surface area contributed by atoms with E-state index in [0.717, 1.165) is 16.3 Å². The smallest absolute Gasteiger partial charge is 0.177 e. The molecule has 0 unspecified atom stereocenters. The number of ketones is 1. The van der Waals surface area contributed by atoms with E-state index in [1.165, 1.54) is 11.3 Å². The molecule has 2 rings (SSSR count). The summed E-state index contributed by atoms with van der Waals surface area (Å²) in [5.74, 6) is 0.879. The van der Waals surface area contributed by atoms with E-state index in [2.05, 4.69) is 5.32 Å². The van der Waals surface area contributed by atoms with Crippen LogP contribution in [-0.2, 0) is 6.54 Å². The quantitative estimate of drug-likeness (QED) is 0.797. The number of anilines is 2. The van der Waals surface area contributed by atoms with Crippen molar-refractivity contribution in [3.63, 3.8) is 0 Å². The third-order valence-electron chi connectivity index (χ3n) is 3.15. The lowest BCUT2D eigenvalue weighted by atomic mass is 10.1. The molecule has 0 aliphatic heterocycles. The van der Waals surface area contributed by atoms with Gasteiger partial charge in [0.2, 0.25) is 0 Å². The maximum Gasteiger partial charge on any atom is 0.177 e. The Morgan fingerprint density at radius 2 is 2.10 bits per heavy atom. The van der Waals surface area contributed by atoms with Crippen LogP contribution in [0.2, 0.25) is 0 Å². The summed E-state index contributed by atoms with van der Waals surface area (Å²) in [7, 11) is 1.65. The first-order valence-corrected chi connectivity index (χ1v) is 7.64. The van der Waals surface area contributed by atoms with Gasteiger partial charge in [-0.3, -0.25) is 4.79 Å². The number of carbonyl (C=O) groups excluding carboxylic acids is 1. The number of methoxy groups -OCH3 is 1. The molecule has 0 fully saturated rings. The van der Waals surface area contributed by atoms with Crippen LogP contribution < -0.4 is 15.8 Å². The fraction of sp³-hybridized carbons (Fsp3) is 0.312. The normalized spacial score (nSPS) is 10.7. The number of hydrogen-bond donors (Lipinski definition) is 2. The van der Waals surface area contributed by atoms with Gasteiger partial charge in [0.05, 0.1) is 22.7 Å². The Kier molecular flexibility index (Phi) is 4.85. The molecule has 0 radical (unpaired) electrons. The summed E-state index contributed by atoms with van der Waals surface area (Å²) in [5, 5.41) is 4.19. The van der Waals surface area contributed by atoms with Crippen molar-refractivity contribution in [3.8, 4) is 5.75 Å². The minimum atomic E-state index is -0.0481. The Bertz CT molecular complexity index is 635. The van der Waals surface area contributed by atoms with Gasteiger partial charge in [0.1, 0.15) is 5.75 Å². The van der Waals surface area contributed by atoms with E-state index in [1.807, 2.05) is 44.2 Å². The van der Waals surface area contributed by atoms with Crippen LogP contribution in [0.4, 0.5) is 10.7 Å². The number of Topliss-reactive ketones (excluding diaryl/α,β-unsaturated/α-hetero) is 1. The molecule has 3 N–H and O–H groups in total. The zero-order valence-corrected chi connectivity index (χ0v) is 13.3. The van der Waals surface area contributed by atoms with E-state index in [0.29, 0.717) is 17.1 Å². The highest BCUT2D eigenvalue weighted by atomic mass is 32.1. The van der Waals surface area contributed by atoms with Crippen LogP contribution in [0.1, 0.15) is 29.1 Å².